The highest BCUT2D eigenvalue weighted by atomic mass is 16.2. The van der Waals surface area contributed by atoms with Crippen molar-refractivity contribution in [2.75, 3.05) is 6.54 Å². The molecule has 2 atom stereocenters. The van der Waals surface area contributed by atoms with Gasteiger partial charge in [0, 0.05) is 42.7 Å². The van der Waals surface area contributed by atoms with E-state index in [0.717, 1.165) is 48.0 Å². The smallest absolute Gasteiger partial charge is 0.223 e. The average molecular weight is 414 g/mol. The van der Waals surface area contributed by atoms with Crippen molar-refractivity contribution in [1.82, 2.24) is 24.9 Å². The van der Waals surface area contributed by atoms with Crippen LogP contribution in [0.5, 0.6) is 0 Å². The third-order valence-electron chi connectivity index (χ3n) is 6.36. The summed E-state index contributed by atoms with van der Waals surface area (Å²) in [5.41, 5.74) is 4.56. The zero-order valence-corrected chi connectivity index (χ0v) is 17.7. The van der Waals surface area contributed by atoms with E-state index in [1.807, 2.05) is 36.8 Å². The van der Waals surface area contributed by atoms with E-state index in [0.29, 0.717) is 12.3 Å². The van der Waals surface area contributed by atoms with Crippen LogP contribution < -0.4 is 0 Å². The molecular formula is C25H27N5O. The molecule has 1 N–H and O–H groups in total. The van der Waals surface area contributed by atoms with E-state index < -0.39 is 0 Å². The molecule has 31 heavy (non-hydrogen) atoms. The molecule has 6 nitrogen and oxygen atoms in total. The number of aryl methyl sites for hydroxylation is 1. The lowest BCUT2D eigenvalue weighted by Crippen LogP contribution is -2.34. The molecule has 1 amide bonds. The second kappa shape index (κ2) is 8.38. The number of amides is 1. The maximum atomic E-state index is 12.8. The molecule has 0 bridgehead atoms. The Morgan fingerprint density at radius 1 is 1.13 bits per heavy atom. The Morgan fingerprint density at radius 3 is 2.81 bits per heavy atom. The van der Waals surface area contributed by atoms with Crippen molar-refractivity contribution in [1.29, 1.82) is 0 Å². The summed E-state index contributed by atoms with van der Waals surface area (Å²) in [5.74, 6) is 0.682. The predicted molar refractivity (Wildman–Crippen MR) is 121 cm³/mol. The van der Waals surface area contributed by atoms with E-state index in [2.05, 4.69) is 62.1 Å². The van der Waals surface area contributed by atoms with Gasteiger partial charge in [-0.05, 0) is 48.9 Å². The van der Waals surface area contributed by atoms with Crippen molar-refractivity contribution >= 4 is 16.8 Å². The summed E-state index contributed by atoms with van der Waals surface area (Å²) in [6.07, 6.45) is 8.05. The zero-order valence-electron chi connectivity index (χ0n) is 17.7. The Morgan fingerprint density at radius 2 is 2.00 bits per heavy atom. The van der Waals surface area contributed by atoms with Crippen LogP contribution in [0, 0.1) is 5.92 Å². The zero-order chi connectivity index (χ0) is 21.2. The number of aromatic nitrogens is 4. The quantitative estimate of drug-likeness (QED) is 0.513. The van der Waals surface area contributed by atoms with Crippen LogP contribution in [-0.2, 0) is 17.8 Å². The number of hydrogen-bond donors (Lipinski definition) is 1. The fourth-order valence-corrected chi connectivity index (χ4v) is 4.73. The Kier molecular flexibility index (Phi) is 5.28. The fourth-order valence-electron chi connectivity index (χ4n) is 4.73. The largest absolute Gasteiger partial charge is 0.340 e. The summed E-state index contributed by atoms with van der Waals surface area (Å²) in [6.45, 7) is 3.81. The number of likely N-dealkylation sites (tertiary alicyclic amines) is 1. The lowest BCUT2D eigenvalue weighted by molar-refractivity contribution is -0.131. The number of hydrogen-bond acceptors (Lipinski definition) is 3. The molecule has 1 unspecified atom stereocenters. The molecule has 0 saturated carbocycles. The molecule has 158 valence electrons. The normalized spacial score (nSPS) is 18.7. The summed E-state index contributed by atoms with van der Waals surface area (Å²) in [7, 11) is 0. The highest BCUT2D eigenvalue weighted by molar-refractivity contribution is 5.84. The van der Waals surface area contributed by atoms with E-state index in [9.17, 15) is 4.79 Å². The highest BCUT2D eigenvalue weighted by Gasteiger charge is 2.32. The van der Waals surface area contributed by atoms with E-state index in [1.165, 1.54) is 5.56 Å². The van der Waals surface area contributed by atoms with E-state index in [-0.39, 0.29) is 11.9 Å². The summed E-state index contributed by atoms with van der Waals surface area (Å²) in [6, 6.07) is 16.9. The summed E-state index contributed by atoms with van der Waals surface area (Å²) in [4.78, 5) is 14.9. The predicted octanol–water partition coefficient (Wildman–Crippen LogP) is 4.30. The number of carbonyl (C=O) groups is 1. The molecule has 0 aliphatic carbocycles. The number of fused-ring (bicyclic) bond motifs is 1. The highest BCUT2D eigenvalue weighted by Crippen LogP contribution is 2.28. The van der Waals surface area contributed by atoms with Crippen molar-refractivity contribution in [3.8, 4) is 11.1 Å². The summed E-state index contributed by atoms with van der Waals surface area (Å²) in [5, 5.41) is 12.7. The Bertz CT molecular complexity index is 1170. The van der Waals surface area contributed by atoms with Crippen molar-refractivity contribution in [3.05, 3.63) is 72.7 Å². The van der Waals surface area contributed by atoms with E-state index in [1.54, 1.807) is 0 Å². The van der Waals surface area contributed by atoms with Gasteiger partial charge < -0.3 is 4.90 Å². The van der Waals surface area contributed by atoms with Gasteiger partial charge in [-0.3, -0.25) is 14.6 Å². The number of nitrogens with one attached hydrogen (secondary N) is 1. The van der Waals surface area contributed by atoms with Gasteiger partial charge in [0.25, 0.3) is 0 Å². The maximum absolute atomic E-state index is 12.8. The third-order valence-corrected chi connectivity index (χ3v) is 6.36. The molecule has 1 fully saturated rings. The van der Waals surface area contributed by atoms with E-state index >= 15 is 0 Å². The van der Waals surface area contributed by atoms with Crippen LogP contribution in [0.25, 0.3) is 22.0 Å². The molecule has 0 radical (unpaired) electrons. The van der Waals surface area contributed by atoms with Gasteiger partial charge in [-0.2, -0.15) is 10.2 Å². The Labute approximate surface area is 181 Å². The first-order valence-corrected chi connectivity index (χ1v) is 11.0. The first-order chi connectivity index (χ1) is 15.2. The molecular weight excluding hydrogens is 386 g/mol. The molecule has 3 heterocycles. The van der Waals surface area contributed by atoms with Crippen molar-refractivity contribution in [2.45, 2.75) is 38.8 Å². The van der Waals surface area contributed by atoms with Gasteiger partial charge in [0.2, 0.25) is 5.91 Å². The topological polar surface area (TPSA) is 66.8 Å². The molecule has 5 rings (SSSR count). The molecule has 6 heteroatoms. The van der Waals surface area contributed by atoms with Crippen molar-refractivity contribution < 1.29 is 4.79 Å². The van der Waals surface area contributed by atoms with Crippen LogP contribution in [0.2, 0.25) is 0 Å². The van der Waals surface area contributed by atoms with Crippen molar-refractivity contribution in [2.24, 2.45) is 5.92 Å². The SMILES string of the molecule is C[C@H]1CC(Cn2ncc3cc(-c4cn[nH]c4)ccc32)CN1C(=O)CCc1ccccc1. The second-order valence-electron chi connectivity index (χ2n) is 8.57. The monoisotopic (exact) mass is 413 g/mol. The first-order valence-electron chi connectivity index (χ1n) is 11.0. The molecule has 4 aromatic rings. The van der Waals surface area contributed by atoms with E-state index in [4.69, 9.17) is 0 Å². The minimum atomic E-state index is 0.258. The lowest BCUT2D eigenvalue weighted by Gasteiger charge is -2.21. The van der Waals surface area contributed by atoms with Crippen LogP contribution in [0.15, 0.2) is 67.1 Å². The number of aromatic amines is 1. The summed E-state index contributed by atoms with van der Waals surface area (Å²) < 4.78 is 2.09. The van der Waals surface area contributed by atoms with Gasteiger partial charge in [-0.25, -0.2) is 0 Å². The van der Waals surface area contributed by atoms with Crippen LogP contribution in [0.3, 0.4) is 0 Å². The molecule has 1 aliphatic rings. The number of carbonyl (C=O) groups excluding carboxylic acids is 1. The standard InChI is InChI=1S/C25H27N5O/c1-18-11-20(16-29(18)25(31)10-7-19-5-3-2-4-6-19)17-30-24-9-8-21(12-22(24)15-28-30)23-13-26-27-14-23/h2-6,8-9,12-15,18,20H,7,10-11,16-17H2,1H3,(H,26,27)/t18-,20?/m0/s1. The number of rotatable bonds is 6. The van der Waals surface area contributed by atoms with Gasteiger partial charge in [-0.1, -0.05) is 36.4 Å². The molecule has 1 aliphatic heterocycles. The third kappa shape index (κ3) is 4.10. The second-order valence-corrected chi connectivity index (χ2v) is 8.57. The first kappa shape index (κ1) is 19.5. The van der Waals surface area contributed by atoms with Gasteiger partial charge in [0.1, 0.15) is 0 Å². The van der Waals surface area contributed by atoms with Crippen molar-refractivity contribution in [3.63, 3.8) is 0 Å². The molecule has 1 saturated heterocycles. The van der Waals surface area contributed by atoms with Gasteiger partial charge in [0.15, 0.2) is 0 Å². The minimum Gasteiger partial charge on any atom is -0.340 e. The van der Waals surface area contributed by atoms with Gasteiger partial charge in [-0.15, -0.1) is 0 Å². The van der Waals surface area contributed by atoms with Crippen LogP contribution >= 0.6 is 0 Å². The van der Waals surface area contributed by atoms with Gasteiger partial charge in [0.05, 0.1) is 17.9 Å². The minimum absolute atomic E-state index is 0.258. The number of benzene rings is 2. The van der Waals surface area contributed by atoms with Gasteiger partial charge >= 0.3 is 0 Å². The summed E-state index contributed by atoms with van der Waals surface area (Å²) >= 11 is 0. The molecule has 2 aromatic heterocycles. The molecule has 0 spiro atoms. The van der Waals surface area contributed by atoms with Crippen LogP contribution in [0.4, 0.5) is 0 Å². The number of nitrogens with zero attached hydrogens (tertiary/aromatic N) is 4. The maximum Gasteiger partial charge on any atom is 0.223 e. The van der Waals surface area contributed by atoms with Crippen LogP contribution in [-0.4, -0.2) is 43.4 Å². The Balaban J connectivity index is 1.23. The fraction of sp³-hybridized carbons (Fsp3) is 0.320. The van der Waals surface area contributed by atoms with Crippen LogP contribution in [0.1, 0.15) is 25.3 Å². The lowest BCUT2D eigenvalue weighted by atomic mass is 10.1. The molecule has 2 aromatic carbocycles. The average Bonchev–Trinajstić information content (AvgIpc) is 3.53. The Hall–Kier alpha value is -3.41. The number of H-pyrrole nitrogens is 1.